The highest BCUT2D eigenvalue weighted by Gasteiger charge is 2.28. The van der Waals surface area contributed by atoms with E-state index >= 15 is 0 Å². The van der Waals surface area contributed by atoms with Crippen LogP contribution in [0.3, 0.4) is 0 Å². The van der Waals surface area contributed by atoms with Crippen LogP contribution in [0.2, 0.25) is 0 Å². The molecule has 1 unspecified atom stereocenters. The lowest BCUT2D eigenvalue weighted by molar-refractivity contribution is 0.445. The van der Waals surface area contributed by atoms with Crippen molar-refractivity contribution in [2.45, 2.75) is 26.8 Å². The molecular formula is C31H24FN7O2. The van der Waals surface area contributed by atoms with Gasteiger partial charge in [-0.1, -0.05) is 48.0 Å². The quantitative estimate of drug-likeness (QED) is 0.274. The normalized spacial score (nSPS) is 12.5. The van der Waals surface area contributed by atoms with Crippen LogP contribution in [0.25, 0.3) is 55.3 Å². The lowest BCUT2D eigenvalue weighted by atomic mass is 9.98. The third-order valence-electron chi connectivity index (χ3n) is 7.49. The maximum Gasteiger partial charge on any atom is 0.203 e. The van der Waals surface area contributed by atoms with E-state index in [0.29, 0.717) is 28.1 Å². The Morgan fingerprint density at radius 3 is 2.66 bits per heavy atom. The second-order valence-corrected chi connectivity index (χ2v) is 10.2. The number of halogens is 1. The molecule has 0 radical (unpaired) electrons. The minimum absolute atomic E-state index is 0.0971. The van der Waals surface area contributed by atoms with Gasteiger partial charge in [0.2, 0.25) is 5.43 Å². The molecule has 3 aromatic carbocycles. The van der Waals surface area contributed by atoms with Crippen LogP contribution in [0.5, 0.6) is 0 Å². The smallest absolute Gasteiger partial charge is 0.203 e. The Hall–Kier alpha value is -5.38. The molecule has 41 heavy (non-hydrogen) atoms. The molecule has 7 rings (SSSR count). The monoisotopic (exact) mass is 545 g/mol. The number of aryl methyl sites for hydroxylation is 2. The highest BCUT2D eigenvalue weighted by atomic mass is 19.1. The zero-order valence-corrected chi connectivity index (χ0v) is 22.4. The third-order valence-corrected chi connectivity index (χ3v) is 7.49. The zero-order valence-electron chi connectivity index (χ0n) is 22.4. The number of nitrogens with zero attached hydrogens (tertiary/aromatic N) is 5. The number of aromatic amines is 1. The van der Waals surface area contributed by atoms with Crippen molar-refractivity contribution in [1.29, 1.82) is 0 Å². The fourth-order valence-electron chi connectivity index (χ4n) is 5.46. The SMILES string of the molecule is Cc1cccc(-c2c(C(C)n3nc(-c4ccc5c(C)[nH]nc5c4)c4c(N)ncnc43)oc3cccc(F)c3c2=O)c1. The van der Waals surface area contributed by atoms with Gasteiger partial charge >= 0.3 is 0 Å². The molecule has 3 N–H and O–H groups in total. The summed E-state index contributed by atoms with van der Waals surface area (Å²) in [7, 11) is 0. The molecule has 0 amide bonds. The standard InChI is InChI=1S/C31H24FN7O2/c1-15-6-4-7-18(12-15)24-28(40)25-21(32)8-5-9-23(25)41-29(24)17(3)39-31-26(30(33)34-14-35-31)27(38-39)19-10-11-20-16(2)36-37-22(20)13-19/h4-14,17H,1-3H3,(H,36,37)(H2,33,34,35). The molecule has 0 saturated carbocycles. The number of aromatic nitrogens is 6. The van der Waals surface area contributed by atoms with Crippen LogP contribution in [0.15, 0.2) is 76.2 Å². The average molecular weight is 546 g/mol. The van der Waals surface area contributed by atoms with Gasteiger partial charge < -0.3 is 10.2 Å². The number of nitrogens with one attached hydrogen (secondary N) is 1. The fraction of sp³-hybridized carbons (Fsp3) is 0.129. The van der Waals surface area contributed by atoms with Gasteiger partial charge in [0.15, 0.2) is 5.65 Å². The first-order valence-electron chi connectivity index (χ1n) is 13.1. The number of benzene rings is 3. The van der Waals surface area contributed by atoms with Crippen LogP contribution < -0.4 is 11.2 Å². The molecule has 7 aromatic rings. The first kappa shape index (κ1) is 24.6. The van der Waals surface area contributed by atoms with E-state index in [1.54, 1.807) is 10.7 Å². The summed E-state index contributed by atoms with van der Waals surface area (Å²) in [5.74, 6) is -0.0476. The molecule has 0 aliphatic rings. The van der Waals surface area contributed by atoms with Crippen LogP contribution >= 0.6 is 0 Å². The van der Waals surface area contributed by atoms with Crippen molar-refractivity contribution in [3.05, 3.63) is 100 Å². The number of nitrogens with two attached hydrogens (primary N) is 1. The van der Waals surface area contributed by atoms with Gasteiger partial charge in [0.05, 0.1) is 16.5 Å². The molecule has 0 aliphatic carbocycles. The van der Waals surface area contributed by atoms with E-state index in [0.717, 1.165) is 27.7 Å². The van der Waals surface area contributed by atoms with Crippen molar-refractivity contribution < 1.29 is 8.81 Å². The first-order valence-corrected chi connectivity index (χ1v) is 13.1. The van der Waals surface area contributed by atoms with Gasteiger partial charge in [0.25, 0.3) is 0 Å². The Bertz CT molecular complexity index is 2210. The summed E-state index contributed by atoms with van der Waals surface area (Å²) in [6, 6.07) is 17.1. The Balaban J connectivity index is 1.50. The number of hydrogen-bond donors (Lipinski definition) is 2. The van der Waals surface area contributed by atoms with Gasteiger partial charge in [-0.2, -0.15) is 10.2 Å². The Morgan fingerprint density at radius 1 is 1.00 bits per heavy atom. The number of nitrogen functional groups attached to an aromatic ring is 1. The molecule has 0 spiro atoms. The van der Waals surface area contributed by atoms with E-state index in [1.165, 1.54) is 18.5 Å². The zero-order chi connectivity index (χ0) is 28.4. The van der Waals surface area contributed by atoms with E-state index in [9.17, 15) is 9.18 Å². The highest BCUT2D eigenvalue weighted by molar-refractivity contribution is 6.00. The van der Waals surface area contributed by atoms with Gasteiger partial charge in [-0.15, -0.1) is 0 Å². The third kappa shape index (κ3) is 3.79. The van der Waals surface area contributed by atoms with E-state index in [4.69, 9.17) is 15.2 Å². The first-order chi connectivity index (χ1) is 19.8. The van der Waals surface area contributed by atoms with Crippen LogP contribution in [-0.4, -0.2) is 29.9 Å². The van der Waals surface area contributed by atoms with E-state index in [-0.39, 0.29) is 22.4 Å². The minimum Gasteiger partial charge on any atom is -0.458 e. The van der Waals surface area contributed by atoms with Crippen molar-refractivity contribution in [1.82, 2.24) is 29.9 Å². The van der Waals surface area contributed by atoms with E-state index in [2.05, 4.69) is 20.2 Å². The number of rotatable bonds is 4. The van der Waals surface area contributed by atoms with Crippen molar-refractivity contribution in [3.8, 4) is 22.4 Å². The minimum atomic E-state index is -0.638. The maximum absolute atomic E-state index is 14.9. The predicted molar refractivity (Wildman–Crippen MR) is 156 cm³/mol. The number of H-pyrrole nitrogens is 1. The van der Waals surface area contributed by atoms with Crippen LogP contribution in [0, 0.1) is 19.7 Å². The second-order valence-electron chi connectivity index (χ2n) is 10.2. The molecule has 9 nitrogen and oxygen atoms in total. The molecule has 1 atom stereocenters. The number of fused-ring (bicyclic) bond motifs is 3. The Labute approximate surface area is 232 Å². The van der Waals surface area contributed by atoms with Gasteiger partial charge in [-0.3, -0.25) is 9.89 Å². The lowest BCUT2D eigenvalue weighted by Gasteiger charge is -2.17. The molecule has 4 aromatic heterocycles. The Kier molecular flexibility index (Phi) is 5.46. The summed E-state index contributed by atoms with van der Waals surface area (Å²) in [4.78, 5) is 22.6. The van der Waals surface area contributed by atoms with E-state index in [1.807, 2.05) is 63.2 Å². The summed E-state index contributed by atoms with van der Waals surface area (Å²) in [6.07, 6.45) is 1.38. The van der Waals surface area contributed by atoms with E-state index < -0.39 is 17.3 Å². The molecule has 0 bridgehead atoms. The summed E-state index contributed by atoms with van der Waals surface area (Å²) < 4.78 is 22.9. The molecule has 202 valence electrons. The summed E-state index contributed by atoms with van der Waals surface area (Å²) in [6.45, 7) is 5.75. The molecular weight excluding hydrogens is 521 g/mol. The van der Waals surface area contributed by atoms with Crippen molar-refractivity contribution in [3.63, 3.8) is 0 Å². The van der Waals surface area contributed by atoms with Crippen molar-refractivity contribution >= 4 is 38.7 Å². The molecule has 4 heterocycles. The largest absolute Gasteiger partial charge is 0.458 e. The van der Waals surface area contributed by atoms with Gasteiger partial charge in [-0.25, -0.2) is 19.0 Å². The molecule has 0 saturated heterocycles. The topological polar surface area (TPSA) is 129 Å². The lowest BCUT2D eigenvalue weighted by Crippen LogP contribution is -2.17. The van der Waals surface area contributed by atoms with Crippen LogP contribution in [-0.2, 0) is 0 Å². The highest BCUT2D eigenvalue weighted by Crippen LogP contribution is 2.37. The predicted octanol–water partition coefficient (Wildman–Crippen LogP) is 6.09. The van der Waals surface area contributed by atoms with Gasteiger partial charge in [0, 0.05) is 16.6 Å². The molecule has 10 heteroatoms. The van der Waals surface area contributed by atoms with Crippen LogP contribution in [0.4, 0.5) is 10.2 Å². The molecule has 0 fully saturated rings. The molecule has 0 aliphatic heterocycles. The maximum atomic E-state index is 14.9. The number of anilines is 1. The summed E-state index contributed by atoms with van der Waals surface area (Å²) >= 11 is 0. The summed E-state index contributed by atoms with van der Waals surface area (Å²) in [5, 5.41) is 13.8. The fourth-order valence-corrected chi connectivity index (χ4v) is 5.46. The summed E-state index contributed by atoms with van der Waals surface area (Å²) in [5.41, 5.74) is 11.5. The van der Waals surface area contributed by atoms with Crippen molar-refractivity contribution in [2.24, 2.45) is 0 Å². The Morgan fingerprint density at radius 2 is 1.83 bits per heavy atom. The van der Waals surface area contributed by atoms with Gasteiger partial charge in [-0.05, 0) is 44.5 Å². The van der Waals surface area contributed by atoms with Crippen molar-refractivity contribution in [2.75, 3.05) is 5.73 Å². The van der Waals surface area contributed by atoms with Gasteiger partial charge in [0.1, 0.15) is 46.4 Å². The van der Waals surface area contributed by atoms with Crippen LogP contribution in [0.1, 0.15) is 30.0 Å². The second kappa shape index (κ2) is 9.09. The average Bonchev–Trinajstić information content (AvgIpc) is 3.54. The number of hydrogen-bond acceptors (Lipinski definition) is 7.